The minimum Gasteiger partial charge on any atom is -0.322 e. The SMILES string of the molecule is Cc1cc(C(=O)Nc2ccccc2)c2c(C)nn(-c3ccccc3Cl)c2n1. The van der Waals surface area contributed by atoms with Crippen molar-refractivity contribution in [2.45, 2.75) is 13.8 Å². The van der Waals surface area contributed by atoms with Gasteiger partial charge in [0.15, 0.2) is 5.65 Å². The van der Waals surface area contributed by atoms with E-state index in [1.165, 1.54) is 0 Å². The summed E-state index contributed by atoms with van der Waals surface area (Å²) in [6.45, 7) is 3.73. The van der Waals surface area contributed by atoms with E-state index < -0.39 is 0 Å². The van der Waals surface area contributed by atoms with Crippen LogP contribution in [-0.2, 0) is 0 Å². The highest BCUT2D eigenvalue weighted by molar-refractivity contribution is 6.32. The van der Waals surface area contributed by atoms with E-state index >= 15 is 0 Å². The summed E-state index contributed by atoms with van der Waals surface area (Å²) >= 11 is 6.35. The van der Waals surface area contributed by atoms with E-state index in [-0.39, 0.29) is 5.91 Å². The number of rotatable bonds is 3. The molecule has 0 atom stereocenters. The van der Waals surface area contributed by atoms with Crippen molar-refractivity contribution in [1.29, 1.82) is 0 Å². The normalized spacial score (nSPS) is 10.9. The molecule has 4 rings (SSSR count). The van der Waals surface area contributed by atoms with Gasteiger partial charge in [0.05, 0.1) is 27.4 Å². The Kier molecular flexibility index (Phi) is 4.38. The first kappa shape index (κ1) is 17.2. The first-order valence-corrected chi connectivity index (χ1v) is 8.90. The number of benzene rings is 2. The van der Waals surface area contributed by atoms with Gasteiger partial charge in [0.1, 0.15) is 0 Å². The van der Waals surface area contributed by atoms with E-state index in [9.17, 15) is 4.79 Å². The highest BCUT2D eigenvalue weighted by atomic mass is 35.5. The van der Waals surface area contributed by atoms with E-state index in [0.717, 1.165) is 22.8 Å². The van der Waals surface area contributed by atoms with Gasteiger partial charge in [-0.2, -0.15) is 5.10 Å². The molecule has 0 saturated heterocycles. The first-order valence-electron chi connectivity index (χ1n) is 8.53. The molecule has 0 fully saturated rings. The topological polar surface area (TPSA) is 59.8 Å². The Balaban J connectivity index is 1.88. The largest absolute Gasteiger partial charge is 0.322 e. The molecule has 0 aliphatic carbocycles. The van der Waals surface area contributed by atoms with E-state index in [2.05, 4.69) is 15.4 Å². The number of amides is 1. The fourth-order valence-corrected chi connectivity index (χ4v) is 3.32. The fourth-order valence-electron chi connectivity index (χ4n) is 3.10. The molecular weight excluding hydrogens is 360 g/mol. The van der Waals surface area contributed by atoms with Crippen LogP contribution in [0.15, 0.2) is 60.7 Å². The maximum Gasteiger partial charge on any atom is 0.256 e. The first-order chi connectivity index (χ1) is 13.0. The van der Waals surface area contributed by atoms with Gasteiger partial charge in [-0.25, -0.2) is 9.67 Å². The number of halogens is 1. The maximum atomic E-state index is 12.9. The van der Waals surface area contributed by atoms with Crippen molar-refractivity contribution in [2.24, 2.45) is 0 Å². The molecule has 4 aromatic rings. The van der Waals surface area contributed by atoms with Gasteiger partial charge in [0.25, 0.3) is 5.91 Å². The molecule has 0 unspecified atom stereocenters. The highest BCUT2D eigenvalue weighted by Crippen LogP contribution is 2.28. The van der Waals surface area contributed by atoms with E-state index in [1.54, 1.807) is 16.8 Å². The number of aromatic nitrogens is 3. The second kappa shape index (κ2) is 6.85. The van der Waals surface area contributed by atoms with Crippen molar-refractivity contribution < 1.29 is 4.79 Å². The quantitative estimate of drug-likeness (QED) is 0.550. The average Bonchev–Trinajstić information content (AvgIpc) is 2.98. The molecule has 2 heterocycles. The van der Waals surface area contributed by atoms with Gasteiger partial charge in [0, 0.05) is 11.4 Å². The minimum atomic E-state index is -0.196. The molecule has 2 aromatic heterocycles. The molecule has 134 valence electrons. The number of pyridine rings is 1. The number of nitrogens with one attached hydrogen (secondary N) is 1. The highest BCUT2D eigenvalue weighted by Gasteiger charge is 2.20. The Morgan fingerprint density at radius 1 is 1.04 bits per heavy atom. The zero-order chi connectivity index (χ0) is 19.0. The molecule has 27 heavy (non-hydrogen) atoms. The summed E-state index contributed by atoms with van der Waals surface area (Å²) in [7, 11) is 0. The Bertz CT molecular complexity index is 1150. The van der Waals surface area contributed by atoms with Crippen molar-refractivity contribution in [3.8, 4) is 5.69 Å². The van der Waals surface area contributed by atoms with Crippen LogP contribution in [0.5, 0.6) is 0 Å². The summed E-state index contributed by atoms with van der Waals surface area (Å²) in [5.74, 6) is -0.196. The molecule has 0 saturated carbocycles. The third kappa shape index (κ3) is 3.17. The number of fused-ring (bicyclic) bond motifs is 1. The molecule has 2 aromatic carbocycles. The summed E-state index contributed by atoms with van der Waals surface area (Å²) in [5.41, 5.74) is 4.06. The van der Waals surface area contributed by atoms with Crippen LogP contribution in [0.1, 0.15) is 21.7 Å². The lowest BCUT2D eigenvalue weighted by Crippen LogP contribution is -2.13. The van der Waals surface area contributed by atoms with Gasteiger partial charge < -0.3 is 5.32 Å². The van der Waals surface area contributed by atoms with Crippen molar-refractivity contribution in [3.63, 3.8) is 0 Å². The molecule has 0 aliphatic rings. The van der Waals surface area contributed by atoms with Crippen LogP contribution >= 0.6 is 11.6 Å². The van der Waals surface area contributed by atoms with Gasteiger partial charge >= 0.3 is 0 Å². The molecular formula is C21H17ClN4O. The Hall–Kier alpha value is -3.18. The molecule has 6 heteroatoms. The number of anilines is 1. The molecule has 1 amide bonds. The summed E-state index contributed by atoms with van der Waals surface area (Å²) in [6, 6.07) is 18.6. The van der Waals surface area contributed by atoms with Gasteiger partial charge in [-0.3, -0.25) is 4.79 Å². The predicted octanol–water partition coefficient (Wildman–Crippen LogP) is 4.94. The Labute approximate surface area is 161 Å². The third-order valence-corrected chi connectivity index (χ3v) is 4.62. The van der Waals surface area contributed by atoms with Crippen molar-refractivity contribution in [2.75, 3.05) is 5.32 Å². The smallest absolute Gasteiger partial charge is 0.256 e. The molecule has 0 bridgehead atoms. The standard InChI is InChI=1S/C21H17ClN4O/c1-13-12-16(21(27)24-15-8-4-3-5-9-15)19-14(2)25-26(20(19)23-13)18-11-7-6-10-17(18)22/h3-12H,1-2H3,(H,24,27). The van der Waals surface area contributed by atoms with Crippen molar-refractivity contribution >= 4 is 34.2 Å². The monoisotopic (exact) mass is 376 g/mol. The second-order valence-corrected chi connectivity index (χ2v) is 6.69. The lowest BCUT2D eigenvalue weighted by Gasteiger charge is -2.09. The average molecular weight is 377 g/mol. The summed E-state index contributed by atoms with van der Waals surface area (Å²) in [4.78, 5) is 17.6. The number of nitrogens with zero attached hydrogens (tertiary/aromatic N) is 3. The summed E-state index contributed by atoms with van der Waals surface area (Å²) < 4.78 is 1.69. The van der Waals surface area contributed by atoms with Crippen LogP contribution in [0.3, 0.4) is 0 Å². The van der Waals surface area contributed by atoms with Crippen LogP contribution in [0.4, 0.5) is 5.69 Å². The second-order valence-electron chi connectivity index (χ2n) is 6.28. The number of carbonyl (C=O) groups excluding carboxylic acids is 1. The van der Waals surface area contributed by atoms with E-state index in [0.29, 0.717) is 21.6 Å². The fraction of sp³-hybridized carbons (Fsp3) is 0.0952. The van der Waals surface area contributed by atoms with Gasteiger partial charge in [-0.05, 0) is 44.2 Å². The molecule has 0 radical (unpaired) electrons. The molecule has 5 nitrogen and oxygen atoms in total. The van der Waals surface area contributed by atoms with Crippen LogP contribution in [0.25, 0.3) is 16.7 Å². The molecule has 0 spiro atoms. The molecule has 1 N–H and O–H groups in total. The number of carbonyl (C=O) groups is 1. The Morgan fingerprint density at radius 3 is 2.48 bits per heavy atom. The number of hydrogen-bond acceptors (Lipinski definition) is 3. The number of hydrogen-bond donors (Lipinski definition) is 1. The van der Waals surface area contributed by atoms with Gasteiger partial charge in [-0.1, -0.05) is 41.9 Å². The zero-order valence-electron chi connectivity index (χ0n) is 14.9. The van der Waals surface area contributed by atoms with Crippen molar-refractivity contribution in [1.82, 2.24) is 14.8 Å². The minimum absolute atomic E-state index is 0.196. The van der Waals surface area contributed by atoms with E-state index in [1.807, 2.05) is 62.4 Å². The summed E-state index contributed by atoms with van der Waals surface area (Å²) in [6.07, 6.45) is 0. The van der Waals surface area contributed by atoms with Crippen LogP contribution in [0, 0.1) is 13.8 Å². The van der Waals surface area contributed by atoms with Crippen LogP contribution in [0.2, 0.25) is 5.02 Å². The van der Waals surface area contributed by atoms with Crippen LogP contribution < -0.4 is 5.32 Å². The van der Waals surface area contributed by atoms with E-state index in [4.69, 9.17) is 11.6 Å². The predicted molar refractivity (Wildman–Crippen MR) is 108 cm³/mol. The van der Waals surface area contributed by atoms with Gasteiger partial charge in [0.2, 0.25) is 0 Å². The lowest BCUT2D eigenvalue weighted by atomic mass is 10.1. The zero-order valence-corrected chi connectivity index (χ0v) is 15.7. The Morgan fingerprint density at radius 2 is 1.74 bits per heavy atom. The summed E-state index contributed by atoms with van der Waals surface area (Å²) in [5, 5.41) is 8.82. The van der Waals surface area contributed by atoms with Crippen LogP contribution in [-0.4, -0.2) is 20.7 Å². The lowest BCUT2D eigenvalue weighted by molar-refractivity contribution is 0.102. The van der Waals surface area contributed by atoms with Gasteiger partial charge in [-0.15, -0.1) is 0 Å². The maximum absolute atomic E-state index is 12.9. The number of para-hydroxylation sites is 2. The number of aryl methyl sites for hydroxylation is 2. The third-order valence-electron chi connectivity index (χ3n) is 4.30. The molecule has 0 aliphatic heterocycles. The van der Waals surface area contributed by atoms with Crippen molar-refractivity contribution in [3.05, 3.63) is 82.6 Å².